The van der Waals surface area contributed by atoms with Crippen molar-refractivity contribution in [3.8, 4) is 39.4 Å². The Bertz CT molecular complexity index is 2930. The van der Waals surface area contributed by atoms with Gasteiger partial charge in [-0.3, -0.25) is 0 Å². The number of fused-ring (bicyclic) bond motifs is 10. The molecule has 54 heavy (non-hydrogen) atoms. The van der Waals surface area contributed by atoms with Crippen LogP contribution in [0.2, 0.25) is 0 Å². The first-order valence-corrected chi connectivity index (χ1v) is 18.9. The van der Waals surface area contributed by atoms with Gasteiger partial charge >= 0.3 is 0 Å². The van der Waals surface area contributed by atoms with Crippen molar-refractivity contribution in [2.75, 3.05) is 0 Å². The Kier molecular flexibility index (Phi) is 6.72. The highest BCUT2D eigenvalue weighted by molar-refractivity contribution is 6.13. The molecule has 2 unspecified atom stereocenters. The molecule has 3 nitrogen and oxygen atoms in total. The molecule has 2 atom stereocenters. The zero-order chi connectivity index (χ0) is 36.0. The van der Waals surface area contributed by atoms with Crippen LogP contribution in [0.15, 0.2) is 176 Å². The first-order valence-electron chi connectivity index (χ1n) is 18.9. The summed E-state index contributed by atoms with van der Waals surface area (Å²) < 4.78 is 12.2. The van der Waals surface area contributed by atoms with Crippen LogP contribution in [0.4, 0.5) is 0 Å². The van der Waals surface area contributed by atoms with Crippen molar-refractivity contribution in [1.29, 1.82) is 0 Å². The predicted molar refractivity (Wildman–Crippen MR) is 224 cm³/mol. The summed E-state index contributed by atoms with van der Waals surface area (Å²) in [6.45, 7) is 4.84. The van der Waals surface area contributed by atoms with E-state index < -0.39 is 0 Å². The van der Waals surface area contributed by atoms with E-state index in [4.69, 9.17) is 4.74 Å². The van der Waals surface area contributed by atoms with Crippen molar-refractivity contribution >= 4 is 38.8 Å². The first kappa shape index (κ1) is 31.0. The maximum atomic E-state index is 7.31. The topological polar surface area (TPSA) is 19.1 Å². The number of hydrogen-bond acceptors (Lipinski definition) is 1. The van der Waals surface area contributed by atoms with Gasteiger partial charge in [-0.1, -0.05) is 141 Å². The second kappa shape index (κ2) is 11.7. The number of nitrogens with zero attached hydrogens (tertiary/aromatic N) is 2. The van der Waals surface area contributed by atoms with Crippen molar-refractivity contribution < 1.29 is 4.74 Å². The highest BCUT2D eigenvalue weighted by Crippen LogP contribution is 2.57. The smallest absolute Gasteiger partial charge is 0.134 e. The zero-order valence-corrected chi connectivity index (χ0v) is 30.3. The molecule has 3 heteroatoms. The summed E-state index contributed by atoms with van der Waals surface area (Å²) in [6.07, 6.45) is 4.51. The lowest BCUT2D eigenvalue weighted by Crippen LogP contribution is -2.43. The van der Waals surface area contributed by atoms with Gasteiger partial charge in [0.2, 0.25) is 0 Å². The summed E-state index contributed by atoms with van der Waals surface area (Å²) in [7, 11) is 0. The first-order chi connectivity index (χ1) is 26.6. The van der Waals surface area contributed by atoms with Gasteiger partial charge in [0.05, 0.1) is 27.6 Å². The van der Waals surface area contributed by atoms with Crippen LogP contribution in [0.25, 0.3) is 72.4 Å². The minimum absolute atomic E-state index is 0.116. The molecule has 2 aromatic heterocycles. The van der Waals surface area contributed by atoms with Gasteiger partial charge in [0.15, 0.2) is 0 Å². The van der Waals surface area contributed by atoms with Crippen LogP contribution in [-0.4, -0.2) is 15.2 Å². The summed E-state index contributed by atoms with van der Waals surface area (Å²) in [6, 6.07) is 61.4. The summed E-state index contributed by atoms with van der Waals surface area (Å²) in [5.74, 6) is 1.12. The highest BCUT2D eigenvalue weighted by Gasteiger charge is 2.48. The van der Waals surface area contributed by atoms with Crippen molar-refractivity contribution in [3.05, 3.63) is 193 Å². The number of aromatic nitrogens is 2. The van der Waals surface area contributed by atoms with E-state index in [2.05, 4.69) is 205 Å². The van der Waals surface area contributed by atoms with Gasteiger partial charge in [-0.05, 0) is 82.4 Å². The van der Waals surface area contributed by atoms with E-state index in [1.165, 1.54) is 66.3 Å². The molecule has 7 aromatic carbocycles. The van der Waals surface area contributed by atoms with Crippen LogP contribution in [0.5, 0.6) is 5.75 Å². The molecule has 0 saturated carbocycles. The lowest BCUT2D eigenvalue weighted by atomic mass is 9.64. The van der Waals surface area contributed by atoms with E-state index in [0.29, 0.717) is 0 Å². The number of para-hydroxylation sites is 2. The molecule has 3 heterocycles. The van der Waals surface area contributed by atoms with Crippen LogP contribution in [-0.2, 0) is 5.41 Å². The molecule has 258 valence electrons. The summed E-state index contributed by atoms with van der Waals surface area (Å²) in [5, 5.41) is 3.68. The molecule has 0 bridgehead atoms. The van der Waals surface area contributed by atoms with Gasteiger partial charge in [0, 0.05) is 39.0 Å². The lowest BCUT2D eigenvalue weighted by Gasteiger charge is -2.46. The molecule has 2 aliphatic rings. The Labute approximate surface area is 315 Å². The quantitative estimate of drug-likeness (QED) is 0.179. The highest BCUT2D eigenvalue weighted by atomic mass is 16.5. The fourth-order valence-electron chi connectivity index (χ4n) is 9.52. The average Bonchev–Trinajstić information content (AvgIpc) is 3.75. The van der Waals surface area contributed by atoms with Gasteiger partial charge < -0.3 is 13.9 Å². The van der Waals surface area contributed by atoms with Gasteiger partial charge in [0.25, 0.3) is 0 Å². The molecule has 0 amide bonds. The van der Waals surface area contributed by atoms with E-state index >= 15 is 0 Å². The fraction of sp³-hybridized carbons (Fsp3) is 0.0980. The molecule has 0 N–H and O–H groups in total. The number of benzene rings is 7. The average molecular weight is 695 g/mol. The zero-order valence-electron chi connectivity index (χ0n) is 30.3. The van der Waals surface area contributed by atoms with E-state index in [1.807, 2.05) is 0 Å². The van der Waals surface area contributed by atoms with Crippen molar-refractivity contribution in [2.24, 2.45) is 0 Å². The van der Waals surface area contributed by atoms with E-state index in [1.54, 1.807) is 0 Å². The molecule has 1 aliphatic carbocycles. The van der Waals surface area contributed by atoms with Gasteiger partial charge in [0.1, 0.15) is 11.9 Å². The number of hydrogen-bond donors (Lipinski definition) is 0. The summed E-state index contributed by atoms with van der Waals surface area (Å²) >= 11 is 0. The van der Waals surface area contributed by atoms with Crippen molar-refractivity contribution in [1.82, 2.24) is 9.13 Å². The molecule has 0 saturated heterocycles. The molecule has 11 rings (SSSR count). The Morgan fingerprint density at radius 1 is 0.500 bits per heavy atom. The van der Waals surface area contributed by atoms with Gasteiger partial charge in [-0.25, -0.2) is 0 Å². The largest absolute Gasteiger partial charge is 0.485 e. The summed E-state index contributed by atoms with van der Waals surface area (Å²) in [4.78, 5) is 0. The molecule has 0 fully saturated rings. The predicted octanol–water partition coefficient (Wildman–Crippen LogP) is 12.9. The Morgan fingerprint density at radius 2 is 1.11 bits per heavy atom. The summed E-state index contributed by atoms with van der Waals surface area (Å²) in [5.41, 5.74) is 14.3. The molecule has 0 spiro atoms. The fourth-order valence-corrected chi connectivity index (χ4v) is 9.52. The standard InChI is InChI=1S/C51H38N2O/c1-51(2)41-28-29-45-48(40-21-10-12-23-43(40)52(45)37-26-24-35(25-27-37)33-14-5-3-6-15-33)50(41)54-46-31-30-44-47(49(46)51)39-20-9-11-22-42(39)53(44)38-19-13-18-36(32-38)34-16-7-4-8-17-34/h3-32,46,49H,1-2H3. The molecule has 1 aliphatic heterocycles. The van der Waals surface area contributed by atoms with Crippen LogP contribution in [0.3, 0.4) is 0 Å². The maximum Gasteiger partial charge on any atom is 0.134 e. The van der Waals surface area contributed by atoms with Gasteiger partial charge in [-0.2, -0.15) is 0 Å². The molecule has 9 aromatic rings. The van der Waals surface area contributed by atoms with Crippen LogP contribution in [0.1, 0.15) is 36.6 Å². The third-order valence-corrected chi connectivity index (χ3v) is 12.0. The Morgan fingerprint density at radius 3 is 1.85 bits per heavy atom. The van der Waals surface area contributed by atoms with E-state index in [-0.39, 0.29) is 17.4 Å². The Balaban J connectivity index is 1.07. The Hall–Kier alpha value is -6.58. The third kappa shape index (κ3) is 4.48. The van der Waals surface area contributed by atoms with E-state index in [0.717, 1.165) is 22.6 Å². The molecule has 0 radical (unpaired) electrons. The lowest BCUT2D eigenvalue weighted by molar-refractivity contribution is 0.143. The van der Waals surface area contributed by atoms with Crippen LogP contribution in [0, 0.1) is 0 Å². The number of rotatable bonds is 4. The molecular formula is C51H38N2O. The van der Waals surface area contributed by atoms with Crippen LogP contribution < -0.4 is 4.74 Å². The minimum atomic E-state index is -0.229. The van der Waals surface area contributed by atoms with Crippen LogP contribution >= 0.6 is 0 Å². The van der Waals surface area contributed by atoms with Crippen molar-refractivity contribution in [2.45, 2.75) is 31.3 Å². The monoisotopic (exact) mass is 694 g/mol. The normalized spacial score (nSPS) is 16.9. The van der Waals surface area contributed by atoms with E-state index in [9.17, 15) is 0 Å². The second-order valence-electron chi connectivity index (χ2n) is 15.3. The minimum Gasteiger partial charge on any atom is -0.485 e. The second-order valence-corrected chi connectivity index (χ2v) is 15.3. The number of ether oxygens (including phenoxy) is 1. The SMILES string of the molecule is CC1(C)c2ccc3c(c2OC2C=Cc4c(c5ccccc5n4-c4cccc(-c5ccccc5)c4)C21)c1ccccc1n3-c1ccc(-c2ccccc2)cc1. The third-order valence-electron chi connectivity index (χ3n) is 12.0. The van der Waals surface area contributed by atoms with Crippen molar-refractivity contribution in [3.63, 3.8) is 0 Å². The maximum absolute atomic E-state index is 7.31. The molecular weight excluding hydrogens is 657 g/mol. The van der Waals surface area contributed by atoms with Gasteiger partial charge in [-0.15, -0.1) is 0 Å².